The molecule has 0 bridgehead atoms. The second-order valence-corrected chi connectivity index (χ2v) is 10.1. The van der Waals surface area contributed by atoms with Crippen LogP contribution in [0.15, 0.2) is 52.3 Å². The van der Waals surface area contributed by atoms with Gasteiger partial charge in [-0.05, 0) is 48.9 Å². The number of thioether (sulfide) groups is 1. The summed E-state index contributed by atoms with van der Waals surface area (Å²) in [5, 5.41) is 3.08. The van der Waals surface area contributed by atoms with E-state index in [2.05, 4.69) is 5.32 Å². The molecule has 0 aromatic heterocycles. The molecule has 3 rings (SSSR count). The van der Waals surface area contributed by atoms with Crippen LogP contribution < -0.4 is 5.32 Å². The number of para-hydroxylation sites is 1. The fraction of sp³-hybridized carbons (Fsp3) is 0.350. The van der Waals surface area contributed by atoms with E-state index in [9.17, 15) is 13.2 Å². The molecule has 0 spiro atoms. The number of nitrogens with one attached hydrogen (secondary N) is 1. The molecule has 0 unspecified atom stereocenters. The van der Waals surface area contributed by atoms with Gasteiger partial charge in [0.05, 0.1) is 21.2 Å². The molecule has 2 aromatic carbocycles. The molecule has 0 radical (unpaired) electrons. The molecule has 1 saturated heterocycles. The maximum absolute atomic E-state index is 12.9. The van der Waals surface area contributed by atoms with E-state index in [0.717, 1.165) is 29.9 Å². The molecule has 1 N–H and O–H groups in total. The minimum Gasteiger partial charge on any atom is -0.321 e. The van der Waals surface area contributed by atoms with E-state index in [0.29, 0.717) is 18.8 Å². The van der Waals surface area contributed by atoms with Crippen LogP contribution in [-0.2, 0) is 10.0 Å². The van der Waals surface area contributed by atoms with E-state index in [4.69, 9.17) is 11.6 Å². The molecule has 28 heavy (non-hydrogen) atoms. The number of hydrogen-bond acceptors (Lipinski definition) is 4. The highest BCUT2D eigenvalue weighted by Gasteiger charge is 2.27. The maximum Gasteiger partial charge on any atom is 0.257 e. The molecular formula is C20H23ClN2O3S2. The van der Waals surface area contributed by atoms with Crippen molar-refractivity contribution in [3.8, 4) is 0 Å². The summed E-state index contributed by atoms with van der Waals surface area (Å²) in [5.74, 6) is 0.446. The van der Waals surface area contributed by atoms with Gasteiger partial charge >= 0.3 is 0 Å². The van der Waals surface area contributed by atoms with Gasteiger partial charge in [-0.2, -0.15) is 4.31 Å². The van der Waals surface area contributed by atoms with Gasteiger partial charge in [-0.25, -0.2) is 8.42 Å². The van der Waals surface area contributed by atoms with Crippen molar-refractivity contribution in [2.75, 3.05) is 24.2 Å². The van der Waals surface area contributed by atoms with E-state index in [1.54, 1.807) is 11.8 Å². The fourth-order valence-corrected chi connectivity index (χ4v) is 5.64. The zero-order valence-electron chi connectivity index (χ0n) is 15.7. The molecule has 1 heterocycles. The number of amides is 1. The molecule has 5 nitrogen and oxygen atoms in total. The third-order valence-corrected chi connectivity index (χ3v) is 7.75. The average molecular weight is 439 g/mol. The SMILES string of the molecule is CCSc1ccccc1NC(=O)c1cc(S(=O)(=O)N2CCCCC2)ccc1Cl. The van der Waals surface area contributed by atoms with Gasteiger partial charge in [0.25, 0.3) is 5.91 Å². The first-order valence-electron chi connectivity index (χ1n) is 9.26. The van der Waals surface area contributed by atoms with Gasteiger partial charge in [-0.15, -0.1) is 11.8 Å². The third-order valence-electron chi connectivity index (χ3n) is 4.57. The number of anilines is 1. The molecule has 2 aromatic rings. The summed E-state index contributed by atoms with van der Waals surface area (Å²) in [5.41, 5.74) is 0.829. The first-order valence-corrected chi connectivity index (χ1v) is 12.1. The van der Waals surface area contributed by atoms with Crippen molar-refractivity contribution in [1.29, 1.82) is 0 Å². The minimum absolute atomic E-state index is 0.0974. The van der Waals surface area contributed by atoms with Crippen molar-refractivity contribution in [2.24, 2.45) is 0 Å². The number of hydrogen-bond donors (Lipinski definition) is 1. The van der Waals surface area contributed by atoms with Crippen LogP contribution in [0, 0.1) is 0 Å². The Hall–Kier alpha value is -1.54. The fourth-order valence-electron chi connectivity index (χ4n) is 3.13. The second-order valence-electron chi connectivity index (χ2n) is 6.49. The lowest BCUT2D eigenvalue weighted by molar-refractivity contribution is 0.102. The van der Waals surface area contributed by atoms with Crippen LogP contribution in [0.1, 0.15) is 36.5 Å². The van der Waals surface area contributed by atoms with Crippen molar-refractivity contribution in [3.05, 3.63) is 53.1 Å². The lowest BCUT2D eigenvalue weighted by Crippen LogP contribution is -2.35. The van der Waals surface area contributed by atoms with Gasteiger partial charge in [0, 0.05) is 18.0 Å². The summed E-state index contributed by atoms with van der Waals surface area (Å²) < 4.78 is 27.3. The van der Waals surface area contributed by atoms with E-state index in [-0.39, 0.29) is 15.5 Å². The van der Waals surface area contributed by atoms with E-state index < -0.39 is 15.9 Å². The number of nitrogens with zero attached hydrogens (tertiary/aromatic N) is 1. The first kappa shape index (κ1) is 21.2. The predicted octanol–water partition coefficient (Wildman–Crippen LogP) is 4.88. The summed E-state index contributed by atoms with van der Waals surface area (Å²) in [6, 6.07) is 11.8. The Morgan fingerprint density at radius 3 is 2.57 bits per heavy atom. The van der Waals surface area contributed by atoms with Gasteiger partial charge in [0.15, 0.2) is 0 Å². The summed E-state index contributed by atoms with van der Waals surface area (Å²) in [7, 11) is -3.63. The third kappa shape index (κ3) is 4.71. The quantitative estimate of drug-likeness (QED) is 0.653. The summed E-state index contributed by atoms with van der Waals surface area (Å²) in [4.78, 5) is 13.9. The molecular weight excluding hydrogens is 416 g/mol. The number of benzene rings is 2. The first-order chi connectivity index (χ1) is 13.4. The highest BCUT2D eigenvalue weighted by Crippen LogP contribution is 2.29. The molecule has 8 heteroatoms. The Labute approximate surface area is 175 Å². The van der Waals surface area contributed by atoms with Crippen molar-refractivity contribution in [2.45, 2.75) is 36.0 Å². The summed E-state index contributed by atoms with van der Waals surface area (Å²) in [6.07, 6.45) is 2.74. The average Bonchev–Trinajstić information content (AvgIpc) is 2.70. The van der Waals surface area contributed by atoms with Gasteiger partial charge in [-0.1, -0.05) is 37.1 Å². The molecule has 0 saturated carbocycles. The zero-order chi connectivity index (χ0) is 20.1. The monoisotopic (exact) mass is 438 g/mol. The minimum atomic E-state index is -3.63. The van der Waals surface area contributed by atoms with Crippen molar-refractivity contribution < 1.29 is 13.2 Å². The standard InChI is InChI=1S/C20H23ClN2O3S2/c1-2-27-19-9-5-4-8-18(19)22-20(24)16-14-15(10-11-17(16)21)28(25,26)23-12-6-3-7-13-23/h4-5,8-11,14H,2-3,6-7,12-13H2,1H3,(H,22,24). The van der Waals surface area contributed by atoms with Gasteiger partial charge in [-0.3, -0.25) is 4.79 Å². The Morgan fingerprint density at radius 1 is 1.14 bits per heavy atom. The van der Waals surface area contributed by atoms with Crippen molar-refractivity contribution >= 4 is 45.0 Å². The van der Waals surface area contributed by atoms with Crippen LogP contribution in [0.3, 0.4) is 0 Å². The van der Waals surface area contributed by atoms with Crippen LogP contribution in [0.5, 0.6) is 0 Å². The maximum atomic E-state index is 12.9. The lowest BCUT2D eigenvalue weighted by Gasteiger charge is -2.26. The van der Waals surface area contributed by atoms with Gasteiger partial charge in [0.1, 0.15) is 0 Å². The molecule has 0 atom stereocenters. The Bertz CT molecular complexity index is 958. The summed E-state index contributed by atoms with van der Waals surface area (Å²) >= 11 is 7.84. The number of rotatable bonds is 6. The number of sulfonamides is 1. The normalized spacial score (nSPS) is 15.4. The van der Waals surface area contributed by atoms with Gasteiger partial charge in [0.2, 0.25) is 10.0 Å². The van der Waals surface area contributed by atoms with Crippen LogP contribution in [0.4, 0.5) is 5.69 Å². The number of carbonyl (C=O) groups excluding carboxylic acids is 1. The largest absolute Gasteiger partial charge is 0.321 e. The molecule has 0 aliphatic carbocycles. The highest BCUT2D eigenvalue weighted by molar-refractivity contribution is 7.99. The Morgan fingerprint density at radius 2 is 1.86 bits per heavy atom. The molecule has 1 aliphatic rings. The lowest BCUT2D eigenvalue weighted by atomic mass is 10.2. The Balaban J connectivity index is 1.88. The van der Waals surface area contributed by atoms with E-state index in [1.807, 2.05) is 31.2 Å². The van der Waals surface area contributed by atoms with Gasteiger partial charge < -0.3 is 5.32 Å². The van der Waals surface area contributed by atoms with E-state index in [1.165, 1.54) is 22.5 Å². The smallest absolute Gasteiger partial charge is 0.257 e. The highest BCUT2D eigenvalue weighted by atomic mass is 35.5. The molecule has 1 aliphatic heterocycles. The topological polar surface area (TPSA) is 66.5 Å². The Kier molecular flexibility index (Phi) is 7.04. The zero-order valence-corrected chi connectivity index (χ0v) is 18.0. The van der Waals surface area contributed by atoms with Crippen LogP contribution in [-0.4, -0.2) is 37.5 Å². The van der Waals surface area contributed by atoms with Crippen LogP contribution in [0.25, 0.3) is 0 Å². The number of piperidine rings is 1. The summed E-state index contributed by atoms with van der Waals surface area (Å²) in [6.45, 7) is 3.05. The number of carbonyl (C=O) groups is 1. The van der Waals surface area contributed by atoms with Crippen molar-refractivity contribution in [1.82, 2.24) is 4.31 Å². The predicted molar refractivity (Wildman–Crippen MR) is 115 cm³/mol. The number of halogens is 1. The van der Waals surface area contributed by atoms with E-state index >= 15 is 0 Å². The van der Waals surface area contributed by atoms with Crippen LogP contribution >= 0.6 is 23.4 Å². The molecule has 1 fully saturated rings. The molecule has 150 valence electrons. The second kappa shape index (κ2) is 9.31. The van der Waals surface area contributed by atoms with Crippen LogP contribution in [0.2, 0.25) is 5.02 Å². The molecule has 1 amide bonds. The van der Waals surface area contributed by atoms with Crippen molar-refractivity contribution in [3.63, 3.8) is 0 Å².